The van der Waals surface area contributed by atoms with Gasteiger partial charge in [-0.1, -0.05) is 93.9 Å². The van der Waals surface area contributed by atoms with E-state index >= 15 is 4.79 Å². The lowest BCUT2D eigenvalue weighted by Crippen LogP contribution is -2.62. The lowest BCUT2D eigenvalue weighted by molar-refractivity contribution is -0.145. The summed E-state index contributed by atoms with van der Waals surface area (Å²) in [6.07, 6.45) is 11.9. The van der Waals surface area contributed by atoms with E-state index in [4.69, 9.17) is 0 Å². The number of piperidine rings is 1. The maximum atomic E-state index is 15.3. The van der Waals surface area contributed by atoms with E-state index in [2.05, 4.69) is 48.0 Å². The third kappa shape index (κ3) is 8.09. The number of amides is 4. The van der Waals surface area contributed by atoms with Gasteiger partial charge < -0.3 is 15.5 Å². The van der Waals surface area contributed by atoms with Crippen molar-refractivity contribution in [1.29, 1.82) is 0 Å². The largest absolute Gasteiger partial charge is 0.343 e. The maximum absolute atomic E-state index is 15.3. The molecule has 3 N–H and O–H groups in total. The molecule has 0 aromatic heterocycles. The molecular formula is C46H78N6O7S. The molecule has 4 amide bonds. The molecule has 0 aromatic rings. The van der Waals surface area contributed by atoms with Crippen LogP contribution in [0.15, 0.2) is 0 Å². The second kappa shape index (κ2) is 17.2. The fourth-order valence-corrected chi connectivity index (χ4v) is 14.1. The third-order valence-electron chi connectivity index (χ3n) is 17.0. The first kappa shape index (κ1) is 46.9. The van der Waals surface area contributed by atoms with Crippen molar-refractivity contribution >= 4 is 39.6 Å². The molecule has 2 heterocycles. The molecule has 2 unspecified atom stereocenters. The van der Waals surface area contributed by atoms with Crippen LogP contribution >= 0.6 is 0 Å². The number of carbonyl (C=O) groups excluding carboxylic acids is 5. The van der Waals surface area contributed by atoms with E-state index in [1.807, 2.05) is 27.7 Å². The van der Waals surface area contributed by atoms with E-state index in [-0.39, 0.29) is 83.2 Å². The van der Waals surface area contributed by atoms with Gasteiger partial charge in [-0.2, -0.15) is 12.7 Å². The number of ketones is 1. The molecule has 60 heavy (non-hydrogen) atoms. The van der Waals surface area contributed by atoms with Crippen LogP contribution in [-0.4, -0.2) is 108 Å². The first-order chi connectivity index (χ1) is 28.1. The highest BCUT2D eigenvalue weighted by Gasteiger charge is 2.85. The molecule has 340 valence electrons. The van der Waals surface area contributed by atoms with Crippen LogP contribution < -0.4 is 15.4 Å². The lowest BCUT2D eigenvalue weighted by atomic mass is 9.73. The van der Waals surface area contributed by atoms with Gasteiger partial charge in [-0.3, -0.25) is 28.9 Å². The van der Waals surface area contributed by atoms with Crippen LogP contribution in [0.4, 0.5) is 0 Å². The quantitative estimate of drug-likeness (QED) is 0.177. The first-order valence-corrected chi connectivity index (χ1v) is 25.0. The number of Topliss-reactive ketones (excluding diaryl/α,β-unsaturated/α-hetero) is 1. The van der Waals surface area contributed by atoms with Crippen LogP contribution in [0.25, 0.3) is 0 Å². The van der Waals surface area contributed by atoms with Crippen molar-refractivity contribution in [3.8, 4) is 0 Å². The molecule has 14 heteroatoms. The van der Waals surface area contributed by atoms with Gasteiger partial charge in [0, 0.05) is 37.5 Å². The topological polar surface area (TPSA) is 165 Å². The summed E-state index contributed by atoms with van der Waals surface area (Å²) in [5, 5.41) is 6.41. The number of hydrogen-bond acceptors (Lipinski definition) is 8. The number of rotatable bonds is 16. The second-order valence-electron chi connectivity index (χ2n) is 21.5. The Morgan fingerprint density at radius 1 is 0.817 bits per heavy atom. The number of carbonyl (C=O) groups is 5. The van der Waals surface area contributed by atoms with E-state index < -0.39 is 45.1 Å². The van der Waals surface area contributed by atoms with Crippen molar-refractivity contribution < 1.29 is 32.4 Å². The predicted octanol–water partition coefficient (Wildman–Crippen LogP) is 5.72. The monoisotopic (exact) mass is 859 g/mol. The van der Waals surface area contributed by atoms with Crippen LogP contribution in [0.2, 0.25) is 0 Å². The van der Waals surface area contributed by atoms with Crippen molar-refractivity contribution in [2.75, 3.05) is 26.2 Å². The van der Waals surface area contributed by atoms with Crippen LogP contribution in [0.1, 0.15) is 166 Å². The summed E-state index contributed by atoms with van der Waals surface area (Å²) in [5.74, 6) is -1.89. The van der Waals surface area contributed by atoms with E-state index in [1.54, 1.807) is 18.7 Å². The molecule has 2 saturated heterocycles. The summed E-state index contributed by atoms with van der Waals surface area (Å²) in [7, 11) is -4.10. The van der Waals surface area contributed by atoms with E-state index in [0.29, 0.717) is 25.8 Å². The summed E-state index contributed by atoms with van der Waals surface area (Å²) in [6, 6.07) is -2.71. The van der Waals surface area contributed by atoms with Gasteiger partial charge in [0.25, 0.3) is 0 Å². The van der Waals surface area contributed by atoms with Crippen molar-refractivity contribution in [3.63, 3.8) is 0 Å². The number of nitrogens with one attached hydrogen (secondary N) is 3. The summed E-state index contributed by atoms with van der Waals surface area (Å²) < 4.78 is 29.9. The van der Waals surface area contributed by atoms with Gasteiger partial charge in [0.05, 0.1) is 17.5 Å². The van der Waals surface area contributed by atoms with Crippen molar-refractivity contribution in [2.24, 2.45) is 38.9 Å². The number of likely N-dealkylation sites (tertiary alicyclic amines) is 2. The lowest BCUT2D eigenvalue weighted by Gasteiger charge is -2.40. The standard InChI is InChI=1S/C46H78N6O7S/c1-11-32-26-44(32,41(57)49-60(58,59)50(12-2)13-3)28-35(53)34-27-46(43(9,10)45(46)23-19-24-45)29-52(34)40(56)37(42(6,7)8)48-39(55)36(31-20-15-14-16-21-31)47-38(54)33-22-17-18-25-51(33)30(4)5/h30-34,36-37H,11-29H2,1-10H3,(H,47,54)(H,48,55)(H,49,57)/t32?,33-,34-,36-,37+,44?,46+/m0/s1. The molecule has 13 nitrogen and oxygen atoms in total. The summed E-state index contributed by atoms with van der Waals surface area (Å²) in [4.78, 5) is 77.0. The molecule has 4 aliphatic carbocycles. The molecule has 6 fully saturated rings. The van der Waals surface area contributed by atoms with Crippen LogP contribution in [0, 0.1) is 38.9 Å². The van der Waals surface area contributed by atoms with Gasteiger partial charge in [-0.05, 0) is 99.8 Å². The third-order valence-corrected chi connectivity index (χ3v) is 18.7. The SMILES string of the molecule is CCC1CC1(CC(=O)[C@@H]1C[C@@]2(CN1C(=O)[C@@H](NC(=O)[C@@H](NC(=O)[C@@H]1CCCCN1C(C)C)C1CCCCC1)C(C)(C)C)C(C)(C)C21CCC1)C(=O)NS(=O)(=O)N(CC)CC. The van der Waals surface area contributed by atoms with Crippen molar-refractivity contribution in [2.45, 2.75) is 196 Å². The zero-order chi connectivity index (χ0) is 44.2. The Morgan fingerprint density at radius 3 is 1.97 bits per heavy atom. The molecular weight excluding hydrogens is 781 g/mol. The Balaban J connectivity index is 1.28. The summed E-state index contributed by atoms with van der Waals surface area (Å²) in [6.45, 7) is 21.5. The molecule has 7 atom stereocenters. The molecule has 0 radical (unpaired) electrons. The average Bonchev–Trinajstić information content (AvgIpc) is 3.90. The molecule has 0 aromatic carbocycles. The second-order valence-corrected chi connectivity index (χ2v) is 23.2. The highest BCUT2D eigenvalue weighted by molar-refractivity contribution is 7.87. The van der Waals surface area contributed by atoms with Gasteiger partial charge in [0.2, 0.25) is 23.6 Å². The van der Waals surface area contributed by atoms with E-state index in [0.717, 1.165) is 77.2 Å². The minimum absolute atomic E-state index is 0.0197. The summed E-state index contributed by atoms with van der Waals surface area (Å²) in [5.41, 5.74) is -2.28. The summed E-state index contributed by atoms with van der Waals surface area (Å²) >= 11 is 0. The molecule has 2 spiro atoms. The molecule has 0 bridgehead atoms. The van der Waals surface area contributed by atoms with Gasteiger partial charge in [0.15, 0.2) is 5.78 Å². The highest BCUT2D eigenvalue weighted by atomic mass is 32.2. The fourth-order valence-electron chi connectivity index (χ4n) is 12.9. The van der Waals surface area contributed by atoms with Crippen LogP contribution in [0.3, 0.4) is 0 Å². The van der Waals surface area contributed by atoms with Gasteiger partial charge in [0.1, 0.15) is 12.1 Å². The van der Waals surface area contributed by atoms with Crippen LogP contribution in [-0.2, 0) is 34.2 Å². The fraction of sp³-hybridized carbons (Fsp3) is 0.891. The van der Waals surface area contributed by atoms with Gasteiger partial charge in [-0.15, -0.1) is 0 Å². The van der Waals surface area contributed by atoms with Gasteiger partial charge >= 0.3 is 10.2 Å². The molecule has 6 aliphatic rings. The zero-order valence-corrected chi connectivity index (χ0v) is 39.4. The zero-order valence-electron chi connectivity index (χ0n) is 38.6. The maximum Gasteiger partial charge on any atom is 0.303 e. The highest BCUT2D eigenvalue weighted by Crippen LogP contribution is 2.88. The Labute approximate surface area is 361 Å². The molecule has 2 aliphatic heterocycles. The number of fused-ring (bicyclic) bond motifs is 1. The predicted molar refractivity (Wildman–Crippen MR) is 232 cm³/mol. The molecule has 6 rings (SSSR count). The van der Waals surface area contributed by atoms with Crippen molar-refractivity contribution in [1.82, 2.24) is 29.5 Å². The Hall–Kier alpha value is -2.58. The number of nitrogens with zero attached hydrogens (tertiary/aromatic N) is 3. The first-order valence-electron chi connectivity index (χ1n) is 23.6. The average molecular weight is 859 g/mol. The minimum atomic E-state index is -4.10. The Morgan fingerprint density at radius 2 is 1.45 bits per heavy atom. The van der Waals surface area contributed by atoms with Crippen LogP contribution in [0.5, 0.6) is 0 Å². The van der Waals surface area contributed by atoms with Gasteiger partial charge in [-0.25, -0.2) is 4.72 Å². The minimum Gasteiger partial charge on any atom is -0.343 e. The number of hydrogen-bond donors (Lipinski definition) is 3. The van der Waals surface area contributed by atoms with E-state index in [1.165, 1.54) is 4.31 Å². The normalized spacial score (nSPS) is 31.1. The Kier molecular flexibility index (Phi) is 13.4. The smallest absolute Gasteiger partial charge is 0.303 e. The van der Waals surface area contributed by atoms with E-state index in [9.17, 15) is 27.6 Å². The Bertz CT molecular complexity index is 1760. The van der Waals surface area contributed by atoms with Crippen molar-refractivity contribution in [3.05, 3.63) is 0 Å². The molecule has 4 saturated carbocycles.